The van der Waals surface area contributed by atoms with Crippen molar-refractivity contribution in [2.45, 2.75) is 6.54 Å². The van der Waals surface area contributed by atoms with Crippen LogP contribution >= 0.6 is 11.6 Å². The summed E-state index contributed by atoms with van der Waals surface area (Å²) in [7, 11) is 3.15. The molecule has 7 heteroatoms. The molecule has 1 aromatic carbocycles. The van der Waals surface area contributed by atoms with Crippen molar-refractivity contribution in [2.24, 2.45) is 0 Å². The molecule has 0 radical (unpaired) electrons. The molecule has 0 bridgehead atoms. The number of carbonyl (C=O) groups excluding carboxylic acids is 1. The number of nitrogens with one attached hydrogen (secondary N) is 1. The molecule has 0 aliphatic carbocycles. The number of fused-ring (bicyclic) bond motifs is 1. The van der Waals surface area contributed by atoms with Crippen molar-refractivity contribution < 1.29 is 14.3 Å². The molecule has 1 amide bonds. The van der Waals surface area contributed by atoms with Gasteiger partial charge in [-0.15, -0.1) is 0 Å². The molecule has 0 unspecified atom stereocenters. The second kappa shape index (κ2) is 7.93. The first kappa shape index (κ1) is 17.8. The summed E-state index contributed by atoms with van der Waals surface area (Å²) in [6, 6.07) is 11.1. The topological polar surface area (TPSA) is 64.9 Å². The van der Waals surface area contributed by atoms with E-state index in [-0.39, 0.29) is 5.91 Å². The molecule has 0 spiro atoms. The van der Waals surface area contributed by atoms with Crippen molar-refractivity contribution in [3.05, 3.63) is 65.1 Å². The molecule has 2 aromatic heterocycles. The minimum absolute atomic E-state index is 0.235. The van der Waals surface area contributed by atoms with Crippen LogP contribution in [0.4, 0.5) is 0 Å². The zero-order chi connectivity index (χ0) is 18.5. The van der Waals surface area contributed by atoms with Gasteiger partial charge in [-0.2, -0.15) is 0 Å². The number of halogens is 1. The average Bonchev–Trinajstić information content (AvgIpc) is 2.99. The van der Waals surface area contributed by atoms with E-state index in [1.807, 2.05) is 40.9 Å². The standard InChI is InChI=1S/C19H18ClN3O3/c1-25-15-8-6-13(11-16(15)26-2)12-21-18(24)9-7-14-19(20)22-17-5-3-4-10-23(14)17/h3-11H,12H2,1-2H3,(H,21,24). The monoisotopic (exact) mass is 371 g/mol. The lowest BCUT2D eigenvalue weighted by atomic mass is 10.2. The fourth-order valence-electron chi connectivity index (χ4n) is 2.53. The smallest absolute Gasteiger partial charge is 0.244 e. The normalized spacial score (nSPS) is 11.0. The lowest BCUT2D eigenvalue weighted by molar-refractivity contribution is -0.116. The minimum atomic E-state index is -0.235. The predicted octanol–water partition coefficient (Wildman–Crippen LogP) is 3.33. The largest absolute Gasteiger partial charge is 0.493 e. The van der Waals surface area contributed by atoms with Crippen LogP contribution in [0.25, 0.3) is 11.7 Å². The number of amides is 1. The SMILES string of the molecule is COc1ccc(CNC(=O)C=Cc2c(Cl)nc3ccccn23)cc1OC. The summed E-state index contributed by atoms with van der Waals surface area (Å²) in [6.45, 7) is 0.365. The molecule has 6 nitrogen and oxygen atoms in total. The summed E-state index contributed by atoms with van der Waals surface area (Å²) in [4.78, 5) is 16.3. The number of benzene rings is 1. The molecule has 0 aliphatic heterocycles. The Morgan fingerprint density at radius 3 is 2.81 bits per heavy atom. The van der Waals surface area contributed by atoms with Crippen molar-refractivity contribution in [1.29, 1.82) is 0 Å². The first-order valence-corrected chi connectivity index (χ1v) is 8.29. The van der Waals surface area contributed by atoms with Crippen LogP contribution in [0.2, 0.25) is 5.15 Å². The van der Waals surface area contributed by atoms with Gasteiger partial charge in [-0.3, -0.25) is 9.20 Å². The fourth-order valence-corrected chi connectivity index (χ4v) is 2.77. The van der Waals surface area contributed by atoms with Crippen LogP contribution in [-0.4, -0.2) is 29.5 Å². The molecular formula is C19H18ClN3O3. The predicted molar refractivity (Wildman–Crippen MR) is 101 cm³/mol. The van der Waals surface area contributed by atoms with Gasteiger partial charge in [0, 0.05) is 18.8 Å². The summed E-state index contributed by atoms with van der Waals surface area (Å²) >= 11 is 6.15. The average molecular weight is 372 g/mol. The lowest BCUT2D eigenvalue weighted by Gasteiger charge is -2.09. The molecule has 3 aromatic rings. The Balaban J connectivity index is 1.67. The van der Waals surface area contributed by atoms with Crippen molar-refractivity contribution in [3.8, 4) is 11.5 Å². The molecule has 0 fully saturated rings. The summed E-state index contributed by atoms with van der Waals surface area (Å²) in [5.74, 6) is 1.03. The highest BCUT2D eigenvalue weighted by molar-refractivity contribution is 6.31. The molecule has 134 valence electrons. The van der Waals surface area contributed by atoms with Gasteiger partial charge in [0.15, 0.2) is 16.7 Å². The zero-order valence-electron chi connectivity index (χ0n) is 14.4. The van der Waals surface area contributed by atoms with Gasteiger partial charge in [0.2, 0.25) is 5.91 Å². The van der Waals surface area contributed by atoms with Crippen LogP contribution in [0.15, 0.2) is 48.7 Å². The summed E-state index contributed by atoms with van der Waals surface area (Å²) < 4.78 is 12.3. The number of hydrogen-bond donors (Lipinski definition) is 1. The minimum Gasteiger partial charge on any atom is -0.493 e. The number of nitrogens with zero attached hydrogens (tertiary/aromatic N) is 2. The van der Waals surface area contributed by atoms with E-state index in [0.29, 0.717) is 28.9 Å². The number of imidazole rings is 1. The summed E-state index contributed by atoms with van der Waals surface area (Å²) in [6.07, 6.45) is 4.92. The molecule has 3 rings (SSSR count). The molecule has 26 heavy (non-hydrogen) atoms. The fraction of sp³-hybridized carbons (Fsp3) is 0.158. The Labute approximate surface area is 156 Å². The van der Waals surface area contributed by atoms with Gasteiger partial charge < -0.3 is 14.8 Å². The second-order valence-corrected chi connectivity index (χ2v) is 5.82. The number of rotatable bonds is 6. The summed E-state index contributed by atoms with van der Waals surface area (Å²) in [5.41, 5.74) is 2.28. The number of hydrogen-bond acceptors (Lipinski definition) is 4. The van der Waals surface area contributed by atoms with E-state index >= 15 is 0 Å². The molecule has 0 atom stereocenters. The van der Waals surface area contributed by atoms with Crippen LogP contribution < -0.4 is 14.8 Å². The number of carbonyl (C=O) groups is 1. The van der Waals surface area contributed by atoms with Gasteiger partial charge in [-0.1, -0.05) is 23.7 Å². The number of ether oxygens (including phenoxy) is 2. The quantitative estimate of drug-likeness (QED) is 0.675. The van der Waals surface area contributed by atoms with Gasteiger partial charge in [0.25, 0.3) is 0 Å². The van der Waals surface area contributed by atoms with Crippen molar-refractivity contribution in [2.75, 3.05) is 14.2 Å². The Morgan fingerprint density at radius 1 is 1.23 bits per heavy atom. The van der Waals surface area contributed by atoms with E-state index in [4.69, 9.17) is 21.1 Å². The van der Waals surface area contributed by atoms with E-state index in [9.17, 15) is 4.79 Å². The van der Waals surface area contributed by atoms with Crippen LogP contribution in [0.1, 0.15) is 11.3 Å². The Kier molecular flexibility index (Phi) is 5.43. The maximum absolute atomic E-state index is 12.1. The van der Waals surface area contributed by atoms with Crippen LogP contribution in [-0.2, 0) is 11.3 Å². The van der Waals surface area contributed by atoms with Crippen molar-refractivity contribution in [1.82, 2.24) is 14.7 Å². The summed E-state index contributed by atoms with van der Waals surface area (Å²) in [5, 5.41) is 3.17. The highest BCUT2D eigenvalue weighted by Gasteiger charge is 2.08. The Morgan fingerprint density at radius 2 is 2.04 bits per heavy atom. The van der Waals surface area contributed by atoms with E-state index in [1.165, 1.54) is 6.08 Å². The van der Waals surface area contributed by atoms with Gasteiger partial charge in [0.1, 0.15) is 5.65 Å². The molecule has 0 aliphatic rings. The van der Waals surface area contributed by atoms with E-state index < -0.39 is 0 Å². The van der Waals surface area contributed by atoms with E-state index in [1.54, 1.807) is 26.4 Å². The first-order valence-electron chi connectivity index (χ1n) is 7.91. The number of aromatic nitrogens is 2. The number of pyridine rings is 1. The van der Waals surface area contributed by atoms with Gasteiger partial charge in [0.05, 0.1) is 19.9 Å². The van der Waals surface area contributed by atoms with Gasteiger partial charge >= 0.3 is 0 Å². The molecule has 2 heterocycles. The third-order valence-electron chi connectivity index (χ3n) is 3.83. The number of methoxy groups -OCH3 is 2. The van der Waals surface area contributed by atoms with E-state index in [2.05, 4.69) is 10.3 Å². The van der Waals surface area contributed by atoms with Gasteiger partial charge in [-0.05, 0) is 35.9 Å². The second-order valence-electron chi connectivity index (χ2n) is 5.46. The highest BCUT2D eigenvalue weighted by atomic mass is 35.5. The van der Waals surface area contributed by atoms with Crippen molar-refractivity contribution in [3.63, 3.8) is 0 Å². The molecule has 1 N–H and O–H groups in total. The maximum atomic E-state index is 12.1. The first-order chi connectivity index (χ1) is 12.6. The zero-order valence-corrected chi connectivity index (χ0v) is 15.2. The Bertz CT molecular complexity index is 966. The molecule has 0 saturated carbocycles. The third kappa shape index (κ3) is 3.81. The van der Waals surface area contributed by atoms with Crippen LogP contribution in [0.3, 0.4) is 0 Å². The van der Waals surface area contributed by atoms with Crippen molar-refractivity contribution >= 4 is 29.2 Å². The lowest BCUT2D eigenvalue weighted by Crippen LogP contribution is -2.20. The highest BCUT2D eigenvalue weighted by Crippen LogP contribution is 2.27. The maximum Gasteiger partial charge on any atom is 0.244 e. The third-order valence-corrected chi connectivity index (χ3v) is 4.11. The van der Waals surface area contributed by atoms with E-state index in [0.717, 1.165) is 11.2 Å². The molecule has 0 saturated heterocycles. The molecular weight excluding hydrogens is 354 g/mol. The van der Waals surface area contributed by atoms with Crippen LogP contribution in [0, 0.1) is 0 Å². The Hall–Kier alpha value is -2.99. The van der Waals surface area contributed by atoms with Crippen LogP contribution in [0.5, 0.6) is 11.5 Å². The van der Waals surface area contributed by atoms with Gasteiger partial charge in [-0.25, -0.2) is 4.98 Å².